The maximum absolute atomic E-state index is 13.4. The number of aliphatic hydroxyl groups is 1. The first kappa shape index (κ1) is 25.4. The molecule has 180 valence electrons. The summed E-state index contributed by atoms with van der Waals surface area (Å²) in [5, 5.41) is 12.2. The lowest BCUT2D eigenvalue weighted by atomic mass is 10.0. The Bertz CT molecular complexity index is 1110. The summed E-state index contributed by atoms with van der Waals surface area (Å²) in [7, 11) is 3.25. The lowest BCUT2D eigenvalue weighted by Gasteiger charge is -2.32. The fourth-order valence-corrected chi connectivity index (χ4v) is 3.75. The normalized spacial score (nSPS) is 17.6. The quantitative estimate of drug-likeness (QED) is 0.490. The van der Waals surface area contributed by atoms with Gasteiger partial charge in [0.15, 0.2) is 5.72 Å². The third kappa shape index (κ3) is 5.47. The number of alkyl halides is 2. The van der Waals surface area contributed by atoms with Gasteiger partial charge in [-0.2, -0.15) is 8.78 Å². The van der Waals surface area contributed by atoms with Gasteiger partial charge in [-0.05, 0) is 55.5 Å². The lowest BCUT2D eigenvalue weighted by Crippen LogP contribution is -2.44. The summed E-state index contributed by atoms with van der Waals surface area (Å²) < 4.78 is 34.2. The van der Waals surface area contributed by atoms with E-state index in [4.69, 9.17) is 11.6 Å². The van der Waals surface area contributed by atoms with Crippen LogP contribution in [0.5, 0.6) is 5.75 Å². The maximum Gasteiger partial charge on any atom is 0.387 e. The summed E-state index contributed by atoms with van der Waals surface area (Å²) in [6.07, 6.45) is 0. The van der Waals surface area contributed by atoms with Crippen molar-refractivity contribution in [2.45, 2.75) is 19.3 Å². The van der Waals surface area contributed by atoms with Crippen molar-refractivity contribution in [2.75, 3.05) is 30.6 Å². The van der Waals surface area contributed by atoms with Gasteiger partial charge in [0, 0.05) is 36.2 Å². The number of rotatable bonds is 5. The van der Waals surface area contributed by atoms with Gasteiger partial charge in [-0.1, -0.05) is 41.4 Å². The van der Waals surface area contributed by atoms with Gasteiger partial charge in [-0.15, -0.1) is 0 Å². The molecule has 1 heterocycles. The average molecular weight is 491 g/mol. The highest BCUT2D eigenvalue weighted by Gasteiger charge is 2.51. The highest BCUT2D eigenvalue weighted by atomic mass is 35.5. The zero-order valence-electron chi connectivity index (χ0n) is 18.9. The topological polar surface area (TPSA) is 62.2 Å². The minimum absolute atomic E-state index is 0.113. The number of hydrogen-bond donors (Lipinski definition) is 1. The molecule has 1 aliphatic rings. The molecule has 3 aromatic rings. The van der Waals surface area contributed by atoms with Gasteiger partial charge >= 0.3 is 12.6 Å². The van der Waals surface area contributed by atoms with Crippen LogP contribution in [0.1, 0.15) is 11.1 Å². The van der Waals surface area contributed by atoms with E-state index in [9.17, 15) is 18.7 Å². The van der Waals surface area contributed by atoms with Crippen molar-refractivity contribution in [1.82, 2.24) is 0 Å². The number of halogens is 3. The number of ether oxygens (including phenoxy) is 2. The Kier molecular flexibility index (Phi) is 8.09. The highest BCUT2D eigenvalue weighted by molar-refractivity contribution is 6.30. The fourth-order valence-electron chi connectivity index (χ4n) is 3.62. The smallest absolute Gasteiger partial charge is 0.387 e. The number of carbonyl (C=O) groups excluding carboxylic acids is 1. The van der Waals surface area contributed by atoms with Crippen molar-refractivity contribution < 1.29 is 28.2 Å². The molecule has 1 fully saturated rings. The fraction of sp³-hybridized carbons (Fsp3) is 0.240. The standard InChI is InChI=1S/C23H19ClF2N2O3.C2H6O/c1-15-5-9-18(10-6-15)27-14-23(30,16-3-2-4-20(13-16)31-21(25)26)28(22(27)29)19-11-7-17(24)8-12-19;1-3-2/h2-13,21,30H,14H2,1H3;1-2H3. The molecule has 0 aromatic heterocycles. The van der Waals surface area contributed by atoms with Crippen LogP contribution in [-0.4, -0.2) is 38.5 Å². The van der Waals surface area contributed by atoms with Gasteiger partial charge in [0.05, 0.1) is 6.54 Å². The monoisotopic (exact) mass is 490 g/mol. The molecule has 6 nitrogen and oxygen atoms in total. The zero-order chi connectivity index (χ0) is 24.9. The molecular formula is C25H25ClF2N2O4. The van der Waals surface area contributed by atoms with Gasteiger partial charge in [0.25, 0.3) is 0 Å². The van der Waals surface area contributed by atoms with Crippen molar-refractivity contribution >= 4 is 29.0 Å². The van der Waals surface area contributed by atoms with Crippen LogP contribution in [0.15, 0.2) is 72.8 Å². The number of aryl methyl sites for hydroxylation is 1. The van der Waals surface area contributed by atoms with Crippen molar-refractivity contribution in [3.05, 3.63) is 88.9 Å². The number of benzene rings is 3. The Balaban J connectivity index is 0.00000103. The molecule has 4 rings (SSSR count). The molecular weight excluding hydrogens is 466 g/mol. The SMILES string of the molecule is COC.Cc1ccc(N2CC(O)(c3cccc(OC(F)F)c3)N(c3ccc(Cl)cc3)C2=O)cc1. The Morgan fingerprint density at radius 3 is 2.18 bits per heavy atom. The molecule has 0 saturated carbocycles. The van der Waals surface area contributed by atoms with E-state index in [0.29, 0.717) is 16.4 Å². The molecule has 0 radical (unpaired) electrons. The Labute approximate surface area is 201 Å². The van der Waals surface area contributed by atoms with Crippen molar-refractivity contribution in [3.63, 3.8) is 0 Å². The summed E-state index contributed by atoms with van der Waals surface area (Å²) in [6.45, 7) is -1.19. The van der Waals surface area contributed by atoms with Crippen molar-refractivity contribution in [2.24, 2.45) is 0 Å². The van der Waals surface area contributed by atoms with Crippen LogP contribution >= 0.6 is 11.6 Å². The van der Waals surface area contributed by atoms with E-state index < -0.39 is 18.4 Å². The number of urea groups is 1. The van der Waals surface area contributed by atoms with E-state index in [1.54, 1.807) is 56.7 Å². The first-order valence-corrected chi connectivity index (χ1v) is 10.7. The second-order valence-corrected chi connectivity index (χ2v) is 8.08. The number of amides is 2. The second kappa shape index (κ2) is 10.8. The van der Waals surface area contributed by atoms with Crippen LogP contribution in [0, 0.1) is 6.92 Å². The van der Waals surface area contributed by atoms with Crippen LogP contribution in [0.25, 0.3) is 0 Å². The number of β-amino-alcohol motifs (C(OH)–C–C–N with tert-alkyl or cyclic N) is 1. The van der Waals surface area contributed by atoms with Crippen molar-refractivity contribution in [3.8, 4) is 5.75 Å². The predicted molar refractivity (Wildman–Crippen MR) is 128 cm³/mol. The highest BCUT2D eigenvalue weighted by Crippen LogP contribution is 2.41. The molecule has 3 aromatic carbocycles. The molecule has 9 heteroatoms. The first-order chi connectivity index (χ1) is 16.2. The Morgan fingerprint density at radius 1 is 1.00 bits per heavy atom. The average Bonchev–Trinajstić information content (AvgIpc) is 3.07. The third-order valence-corrected chi connectivity index (χ3v) is 5.37. The molecule has 0 bridgehead atoms. The van der Waals surface area contributed by atoms with E-state index in [0.717, 1.165) is 5.56 Å². The third-order valence-electron chi connectivity index (χ3n) is 5.12. The second-order valence-electron chi connectivity index (χ2n) is 7.65. The summed E-state index contributed by atoms with van der Waals surface area (Å²) in [5.74, 6) is -0.113. The van der Waals surface area contributed by atoms with E-state index in [-0.39, 0.29) is 17.9 Å². The van der Waals surface area contributed by atoms with Crippen LogP contribution in [0.4, 0.5) is 25.0 Å². The van der Waals surface area contributed by atoms with Gasteiger partial charge in [-0.25, -0.2) is 4.79 Å². The van der Waals surface area contributed by atoms with E-state index >= 15 is 0 Å². The molecule has 1 saturated heterocycles. The van der Waals surface area contributed by atoms with Crippen LogP contribution in [0.3, 0.4) is 0 Å². The summed E-state index contributed by atoms with van der Waals surface area (Å²) in [6, 6.07) is 19.0. The molecule has 1 atom stereocenters. The Morgan fingerprint density at radius 2 is 1.59 bits per heavy atom. The van der Waals surface area contributed by atoms with Gasteiger partial charge in [0.2, 0.25) is 0 Å². The van der Waals surface area contributed by atoms with Gasteiger partial charge in [-0.3, -0.25) is 9.80 Å². The van der Waals surface area contributed by atoms with Crippen LogP contribution in [-0.2, 0) is 10.5 Å². The molecule has 0 aliphatic carbocycles. The molecule has 1 unspecified atom stereocenters. The van der Waals surface area contributed by atoms with E-state index in [1.165, 1.54) is 28.0 Å². The molecule has 1 aliphatic heterocycles. The first-order valence-electron chi connectivity index (χ1n) is 10.3. The Hall–Kier alpha value is -3.20. The minimum atomic E-state index is -3.01. The summed E-state index contributed by atoms with van der Waals surface area (Å²) >= 11 is 5.99. The largest absolute Gasteiger partial charge is 0.435 e. The molecule has 0 spiro atoms. The lowest BCUT2D eigenvalue weighted by molar-refractivity contribution is -0.0501. The van der Waals surface area contributed by atoms with Gasteiger partial charge < -0.3 is 14.6 Å². The van der Waals surface area contributed by atoms with E-state index in [2.05, 4.69) is 9.47 Å². The van der Waals surface area contributed by atoms with Crippen LogP contribution < -0.4 is 14.5 Å². The number of carbonyl (C=O) groups is 1. The number of nitrogens with zero attached hydrogens (tertiary/aromatic N) is 2. The van der Waals surface area contributed by atoms with Gasteiger partial charge in [0.1, 0.15) is 5.75 Å². The minimum Gasteiger partial charge on any atom is -0.435 e. The molecule has 1 N–H and O–H groups in total. The van der Waals surface area contributed by atoms with Crippen molar-refractivity contribution in [1.29, 1.82) is 0 Å². The molecule has 34 heavy (non-hydrogen) atoms. The number of hydrogen-bond acceptors (Lipinski definition) is 4. The summed E-state index contributed by atoms with van der Waals surface area (Å²) in [5.41, 5.74) is 0.440. The molecule has 2 amide bonds. The van der Waals surface area contributed by atoms with E-state index in [1.807, 2.05) is 19.1 Å². The number of anilines is 2. The zero-order valence-corrected chi connectivity index (χ0v) is 19.7. The number of methoxy groups -OCH3 is 1. The summed E-state index contributed by atoms with van der Waals surface area (Å²) in [4.78, 5) is 16.1. The predicted octanol–water partition coefficient (Wildman–Crippen LogP) is 5.80. The van der Waals surface area contributed by atoms with Crippen LogP contribution in [0.2, 0.25) is 5.02 Å². The maximum atomic E-state index is 13.4.